The molecule has 0 amide bonds. The minimum atomic E-state index is 0.491. The summed E-state index contributed by atoms with van der Waals surface area (Å²) in [4.78, 5) is 2.30. The Kier molecular flexibility index (Phi) is 4.46. The number of benzene rings is 1. The van der Waals surface area contributed by atoms with Gasteiger partial charge in [0.15, 0.2) is 5.88 Å². The van der Waals surface area contributed by atoms with Crippen LogP contribution in [0.25, 0.3) is 0 Å². The molecule has 0 bridgehead atoms. The van der Waals surface area contributed by atoms with Crippen LogP contribution < -0.4 is 0 Å². The average Bonchev–Trinajstić information content (AvgIpc) is 2.80. The van der Waals surface area contributed by atoms with Crippen LogP contribution in [0.15, 0.2) is 54.9 Å². The molecule has 0 radical (unpaired) electrons. The van der Waals surface area contributed by atoms with Crippen LogP contribution in [0, 0.1) is 0 Å². The third-order valence-corrected chi connectivity index (χ3v) is 3.30. The predicted octanol–water partition coefficient (Wildman–Crippen LogP) is 3.37. The quantitative estimate of drug-likeness (QED) is 0.735. The Bertz CT molecular complexity index is 410. The van der Waals surface area contributed by atoms with E-state index in [1.54, 1.807) is 0 Å². The lowest BCUT2D eigenvalue weighted by Gasteiger charge is -2.21. The molecule has 96 valence electrons. The zero-order chi connectivity index (χ0) is 12.8. The van der Waals surface area contributed by atoms with E-state index >= 15 is 0 Å². The van der Waals surface area contributed by atoms with Crippen molar-refractivity contribution in [3.05, 3.63) is 60.5 Å². The van der Waals surface area contributed by atoms with Crippen molar-refractivity contribution in [3.8, 4) is 0 Å². The van der Waals surface area contributed by atoms with Crippen molar-refractivity contribution in [3.63, 3.8) is 0 Å². The molecule has 1 heterocycles. The van der Waals surface area contributed by atoms with Crippen LogP contribution in [0.4, 0.5) is 0 Å². The molecule has 0 spiro atoms. The summed E-state index contributed by atoms with van der Waals surface area (Å²) in [6, 6.07) is 11.0. The third kappa shape index (κ3) is 2.95. The molecule has 1 aliphatic rings. The van der Waals surface area contributed by atoms with Gasteiger partial charge in [-0.2, -0.15) is 0 Å². The van der Waals surface area contributed by atoms with Gasteiger partial charge in [0.05, 0.1) is 6.04 Å². The second-order valence-corrected chi connectivity index (χ2v) is 4.55. The average molecular weight is 243 g/mol. The SMILES string of the molecule is C=CCN1/C(=C\Cc2ccccc2)OCC1CC. The van der Waals surface area contributed by atoms with E-state index in [1.807, 2.05) is 12.1 Å². The lowest BCUT2D eigenvalue weighted by molar-refractivity contribution is 0.238. The number of nitrogens with zero attached hydrogens (tertiary/aromatic N) is 1. The minimum Gasteiger partial charge on any atom is -0.477 e. The molecule has 1 aromatic rings. The highest BCUT2D eigenvalue weighted by Crippen LogP contribution is 2.22. The lowest BCUT2D eigenvalue weighted by Crippen LogP contribution is -2.29. The fourth-order valence-corrected chi connectivity index (χ4v) is 2.25. The van der Waals surface area contributed by atoms with Crippen LogP contribution in [0.5, 0.6) is 0 Å². The molecule has 1 unspecified atom stereocenters. The fraction of sp³-hybridized carbons (Fsp3) is 0.375. The van der Waals surface area contributed by atoms with Gasteiger partial charge >= 0.3 is 0 Å². The van der Waals surface area contributed by atoms with E-state index in [0.717, 1.165) is 31.9 Å². The summed E-state index contributed by atoms with van der Waals surface area (Å²) in [7, 11) is 0. The van der Waals surface area contributed by atoms with Gasteiger partial charge in [-0.3, -0.25) is 0 Å². The molecule has 0 saturated carbocycles. The largest absolute Gasteiger partial charge is 0.477 e. The van der Waals surface area contributed by atoms with E-state index in [-0.39, 0.29) is 0 Å². The van der Waals surface area contributed by atoms with Gasteiger partial charge in [-0.15, -0.1) is 6.58 Å². The van der Waals surface area contributed by atoms with E-state index in [9.17, 15) is 0 Å². The number of ether oxygens (including phenoxy) is 1. The van der Waals surface area contributed by atoms with Gasteiger partial charge in [0.25, 0.3) is 0 Å². The molecule has 18 heavy (non-hydrogen) atoms. The Morgan fingerprint density at radius 2 is 2.17 bits per heavy atom. The Balaban J connectivity index is 2.05. The van der Waals surface area contributed by atoms with Crippen molar-refractivity contribution >= 4 is 0 Å². The first kappa shape index (κ1) is 12.7. The Labute approximate surface area is 110 Å². The maximum absolute atomic E-state index is 5.78. The van der Waals surface area contributed by atoms with Crippen LogP contribution in [-0.4, -0.2) is 24.1 Å². The molecule has 2 rings (SSSR count). The molecule has 1 saturated heterocycles. The number of rotatable bonds is 5. The van der Waals surface area contributed by atoms with Crippen molar-refractivity contribution in [2.75, 3.05) is 13.2 Å². The van der Waals surface area contributed by atoms with Gasteiger partial charge in [-0.25, -0.2) is 0 Å². The maximum Gasteiger partial charge on any atom is 0.186 e. The summed E-state index contributed by atoms with van der Waals surface area (Å²) in [6.07, 6.45) is 6.14. The van der Waals surface area contributed by atoms with Gasteiger partial charge in [-0.1, -0.05) is 43.3 Å². The van der Waals surface area contributed by atoms with E-state index in [2.05, 4.69) is 48.7 Å². The Morgan fingerprint density at radius 3 is 2.83 bits per heavy atom. The molecule has 1 aliphatic heterocycles. The van der Waals surface area contributed by atoms with Crippen LogP contribution in [0.3, 0.4) is 0 Å². The predicted molar refractivity (Wildman–Crippen MR) is 75.2 cm³/mol. The molecule has 2 heteroatoms. The lowest BCUT2D eigenvalue weighted by atomic mass is 10.1. The van der Waals surface area contributed by atoms with Gasteiger partial charge in [0, 0.05) is 6.54 Å². The molecular formula is C16H21NO. The van der Waals surface area contributed by atoms with E-state index in [1.165, 1.54) is 5.56 Å². The van der Waals surface area contributed by atoms with Crippen LogP contribution in [0.1, 0.15) is 18.9 Å². The monoisotopic (exact) mass is 243 g/mol. The van der Waals surface area contributed by atoms with Gasteiger partial charge in [-0.05, 0) is 24.5 Å². The van der Waals surface area contributed by atoms with Crippen LogP contribution in [0.2, 0.25) is 0 Å². The maximum atomic E-state index is 5.78. The van der Waals surface area contributed by atoms with Crippen molar-refractivity contribution < 1.29 is 4.74 Å². The van der Waals surface area contributed by atoms with Crippen molar-refractivity contribution in [2.45, 2.75) is 25.8 Å². The van der Waals surface area contributed by atoms with E-state index in [4.69, 9.17) is 4.74 Å². The first-order valence-corrected chi connectivity index (χ1v) is 6.59. The van der Waals surface area contributed by atoms with Crippen molar-refractivity contribution in [1.82, 2.24) is 4.90 Å². The Hall–Kier alpha value is -1.70. The molecule has 0 aromatic heterocycles. The Morgan fingerprint density at radius 1 is 1.39 bits per heavy atom. The molecule has 0 aliphatic carbocycles. The first-order valence-electron chi connectivity index (χ1n) is 6.59. The highest BCUT2D eigenvalue weighted by atomic mass is 16.5. The third-order valence-electron chi connectivity index (χ3n) is 3.30. The summed E-state index contributed by atoms with van der Waals surface area (Å²) < 4.78 is 5.78. The summed E-state index contributed by atoms with van der Waals surface area (Å²) in [5.41, 5.74) is 1.31. The number of allylic oxidation sites excluding steroid dienone is 1. The standard InChI is InChI=1S/C16H21NO/c1-3-12-17-15(4-2)13-18-16(17)11-10-14-8-6-5-7-9-14/h3,5-9,11,15H,1,4,10,12-13H2,2H3/b16-11+. The second kappa shape index (κ2) is 6.29. The summed E-state index contributed by atoms with van der Waals surface area (Å²) in [5, 5.41) is 0. The normalized spacial score (nSPS) is 21.1. The van der Waals surface area contributed by atoms with Gasteiger partial charge in [0.2, 0.25) is 0 Å². The summed E-state index contributed by atoms with van der Waals surface area (Å²) >= 11 is 0. The van der Waals surface area contributed by atoms with Crippen LogP contribution >= 0.6 is 0 Å². The number of hydrogen-bond acceptors (Lipinski definition) is 2. The molecule has 0 N–H and O–H groups in total. The van der Waals surface area contributed by atoms with E-state index < -0.39 is 0 Å². The van der Waals surface area contributed by atoms with Gasteiger partial charge in [0.1, 0.15) is 6.61 Å². The zero-order valence-corrected chi connectivity index (χ0v) is 11.0. The number of hydrogen-bond donors (Lipinski definition) is 0. The summed E-state index contributed by atoms with van der Waals surface area (Å²) in [6.45, 7) is 7.68. The summed E-state index contributed by atoms with van der Waals surface area (Å²) in [5.74, 6) is 1.01. The molecular weight excluding hydrogens is 222 g/mol. The molecule has 1 aromatic carbocycles. The smallest absolute Gasteiger partial charge is 0.186 e. The zero-order valence-electron chi connectivity index (χ0n) is 11.0. The molecule has 1 atom stereocenters. The van der Waals surface area contributed by atoms with Crippen molar-refractivity contribution in [1.29, 1.82) is 0 Å². The van der Waals surface area contributed by atoms with Gasteiger partial charge < -0.3 is 9.64 Å². The first-order chi connectivity index (χ1) is 8.85. The van der Waals surface area contributed by atoms with E-state index in [0.29, 0.717) is 6.04 Å². The van der Waals surface area contributed by atoms with Crippen molar-refractivity contribution in [2.24, 2.45) is 0 Å². The topological polar surface area (TPSA) is 12.5 Å². The molecule has 1 fully saturated rings. The molecule has 2 nitrogen and oxygen atoms in total. The van der Waals surface area contributed by atoms with Crippen LogP contribution in [-0.2, 0) is 11.2 Å². The highest BCUT2D eigenvalue weighted by Gasteiger charge is 2.26. The minimum absolute atomic E-state index is 0.491. The highest BCUT2D eigenvalue weighted by molar-refractivity contribution is 5.18. The second-order valence-electron chi connectivity index (χ2n) is 4.55. The fourth-order valence-electron chi connectivity index (χ4n) is 2.25.